The maximum Gasteiger partial charge on any atom is 0.303 e. The quantitative estimate of drug-likeness (QED) is 0.108. The van der Waals surface area contributed by atoms with Crippen LogP contribution in [0.1, 0.15) is 121 Å². The first-order valence-electron chi connectivity index (χ1n) is 20.0. The van der Waals surface area contributed by atoms with Crippen LogP contribution in [0.5, 0.6) is 5.75 Å². The molecule has 1 N–H and O–H groups in total. The van der Waals surface area contributed by atoms with Crippen LogP contribution in [0.4, 0.5) is 11.4 Å². The number of fused-ring (bicyclic) bond motifs is 5. The molecule has 3 aliphatic rings. The number of hydrogen-bond acceptors (Lipinski definition) is 3. The lowest BCUT2D eigenvalue weighted by molar-refractivity contribution is -0.438. The number of nitrogens with zero attached hydrogens (tertiary/aromatic N) is 2. The van der Waals surface area contributed by atoms with Crippen molar-refractivity contribution in [2.45, 2.75) is 111 Å². The van der Waals surface area contributed by atoms with E-state index in [4.69, 9.17) is 4.74 Å². The van der Waals surface area contributed by atoms with Gasteiger partial charge in [0.25, 0.3) is 0 Å². The first-order chi connectivity index (χ1) is 25.6. The monoisotopic (exact) mass is 725 g/mol. The van der Waals surface area contributed by atoms with Gasteiger partial charge in [-0.2, -0.15) is 4.58 Å². The second-order valence-electron chi connectivity index (χ2n) is 17.6. The normalized spacial score (nSPS) is 19.2. The fraction of sp³-hybridized carbons (Fsp3) is 0.429. The number of aryl methyl sites for hydroxylation is 1. The largest absolute Gasteiger partial charge is 0.481 e. The Morgan fingerprint density at radius 3 is 2.31 bits per heavy atom. The van der Waals surface area contributed by atoms with E-state index < -0.39 is 5.97 Å². The van der Waals surface area contributed by atoms with E-state index in [0.29, 0.717) is 6.42 Å². The number of unbranched alkanes of at least 4 members (excludes halogenated alkanes) is 3. The Hall–Kier alpha value is -4.64. The van der Waals surface area contributed by atoms with Crippen molar-refractivity contribution in [3.05, 3.63) is 119 Å². The van der Waals surface area contributed by atoms with E-state index in [1.54, 1.807) is 0 Å². The fourth-order valence-corrected chi connectivity index (χ4v) is 8.50. The SMILES string of the molecule is CCCC[N+]1=C(/C=C/C=C/C=C2/C=C(C(C)(C)C)Oc3cc(N(C)C)ccc32)C(C)(CCCCCC(=O)O)c2cc3c(cc21)C(C)(C)c1cc(C)ccc1-3. The molecule has 3 aromatic rings. The minimum absolute atomic E-state index is 0.0810. The van der Waals surface area contributed by atoms with Crippen LogP contribution >= 0.6 is 0 Å². The van der Waals surface area contributed by atoms with Gasteiger partial charge >= 0.3 is 5.97 Å². The maximum absolute atomic E-state index is 11.3. The highest BCUT2D eigenvalue weighted by atomic mass is 16.5. The van der Waals surface area contributed by atoms with Crippen molar-refractivity contribution in [2.24, 2.45) is 5.41 Å². The summed E-state index contributed by atoms with van der Waals surface area (Å²) in [5.74, 6) is 1.13. The highest BCUT2D eigenvalue weighted by molar-refractivity contribution is 6.04. The molecule has 1 unspecified atom stereocenters. The Morgan fingerprint density at radius 2 is 1.61 bits per heavy atom. The van der Waals surface area contributed by atoms with E-state index in [9.17, 15) is 9.90 Å². The molecule has 0 fully saturated rings. The molecule has 3 aromatic carbocycles. The first kappa shape index (κ1) is 39.1. The van der Waals surface area contributed by atoms with E-state index in [0.717, 1.165) is 67.0 Å². The van der Waals surface area contributed by atoms with E-state index in [-0.39, 0.29) is 22.7 Å². The van der Waals surface area contributed by atoms with Crippen LogP contribution in [0, 0.1) is 12.3 Å². The van der Waals surface area contributed by atoms with Crippen molar-refractivity contribution < 1.29 is 19.2 Å². The maximum atomic E-state index is 11.3. The summed E-state index contributed by atoms with van der Waals surface area (Å²) in [4.78, 5) is 13.4. The molecule has 0 bridgehead atoms. The number of carbonyl (C=O) groups is 1. The molecule has 0 aromatic heterocycles. The summed E-state index contributed by atoms with van der Waals surface area (Å²) in [5, 5.41) is 9.30. The third-order valence-corrected chi connectivity index (χ3v) is 11.8. The second kappa shape index (κ2) is 15.2. The molecule has 0 amide bonds. The molecule has 284 valence electrons. The Labute approximate surface area is 324 Å². The van der Waals surface area contributed by atoms with E-state index in [2.05, 4.69) is 164 Å². The molecule has 2 aliphatic heterocycles. The Bertz CT molecular complexity index is 2100. The number of carboxylic acid groups (broad SMARTS) is 1. The highest BCUT2D eigenvalue weighted by Gasteiger charge is 2.49. The van der Waals surface area contributed by atoms with Crippen molar-refractivity contribution in [2.75, 3.05) is 25.5 Å². The molecule has 6 rings (SSSR count). The average molecular weight is 726 g/mol. The Morgan fingerprint density at radius 1 is 0.870 bits per heavy atom. The lowest BCUT2D eigenvalue weighted by Gasteiger charge is -2.29. The number of benzene rings is 3. The van der Waals surface area contributed by atoms with Gasteiger partial charge in [0.2, 0.25) is 5.69 Å². The van der Waals surface area contributed by atoms with Crippen molar-refractivity contribution in [3.8, 4) is 16.9 Å². The summed E-state index contributed by atoms with van der Waals surface area (Å²) >= 11 is 0. The Balaban J connectivity index is 1.40. The zero-order chi connectivity index (χ0) is 39.0. The smallest absolute Gasteiger partial charge is 0.303 e. The van der Waals surface area contributed by atoms with Crippen molar-refractivity contribution >= 4 is 28.6 Å². The van der Waals surface area contributed by atoms with Gasteiger partial charge in [-0.3, -0.25) is 4.79 Å². The van der Waals surface area contributed by atoms with E-state index in [1.165, 1.54) is 44.8 Å². The predicted octanol–water partition coefficient (Wildman–Crippen LogP) is 12.1. The van der Waals surface area contributed by atoms with Crippen LogP contribution in [0.3, 0.4) is 0 Å². The van der Waals surface area contributed by atoms with Crippen molar-refractivity contribution in [1.82, 2.24) is 0 Å². The van der Waals surface area contributed by atoms with Crippen LogP contribution in [-0.2, 0) is 15.6 Å². The Kier molecular flexibility index (Phi) is 11.0. The van der Waals surface area contributed by atoms with Crippen LogP contribution in [0.25, 0.3) is 16.7 Å². The molecule has 0 saturated carbocycles. The molecule has 1 atom stereocenters. The molecule has 5 nitrogen and oxygen atoms in total. The van der Waals surface area contributed by atoms with Crippen LogP contribution in [0.15, 0.2) is 90.7 Å². The predicted molar refractivity (Wildman–Crippen MR) is 227 cm³/mol. The van der Waals surface area contributed by atoms with Gasteiger partial charge in [0.05, 0.1) is 5.41 Å². The van der Waals surface area contributed by atoms with Crippen molar-refractivity contribution in [3.63, 3.8) is 0 Å². The van der Waals surface area contributed by atoms with Gasteiger partial charge < -0.3 is 14.7 Å². The summed E-state index contributed by atoms with van der Waals surface area (Å²) in [6.45, 7) is 19.2. The number of rotatable bonds is 13. The van der Waals surface area contributed by atoms with Gasteiger partial charge in [0.15, 0.2) is 5.71 Å². The highest BCUT2D eigenvalue weighted by Crippen LogP contribution is 2.54. The lowest BCUT2D eigenvalue weighted by Crippen LogP contribution is -2.31. The lowest BCUT2D eigenvalue weighted by atomic mass is 9.73. The molecule has 2 heterocycles. The van der Waals surface area contributed by atoms with Crippen LogP contribution in [0.2, 0.25) is 0 Å². The number of hydrogen-bond donors (Lipinski definition) is 1. The number of ether oxygens (including phenoxy) is 1. The second-order valence-corrected chi connectivity index (χ2v) is 17.6. The van der Waals surface area contributed by atoms with Gasteiger partial charge in [-0.1, -0.05) is 109 Å². The van der Waals surface area contributed by atoms with Crippen molar-refractivity contribution in [1.29, 1.82) is 0 Å². The van der Waals surface area contributed by atoms with Gasteiger partial charge in [0, 0.05) is 72.8 Å². The van der Waals surface area contributed by atoms with E-state index >= 15 is 0 Å². The number of carboxylic acids is 1. The fourth-order valence-electron chi connectivity index (χ4n) is 8.50. The molecule has 0 spiro atoms. The molecule has 54 heavy (non-hydrogen) atoms. The molecular formula is C49H61N2O3+. The topological polar surface area (TPSA) is 52.8 Å². The standard InChI is InChI=1S/C49H60N2O3/c1-11-12-27-51-42-32-40-38(37-24-22-33(2)28-39(37)48(40,6)7)31-41(42)49(8,26-18-14-17-21-46(52)53)44(51)20-16-13-15-19-34-29-45(47(3,4)5)54-43-30-35(50(9)10)23-25-36(34)43/h13,15-16,19-20,22-25,28-32H,11-12,14,17-18,21,26-27H2,1-10H3/p+1. The number of anilines is 1. The zero-order valence-corrected chi connectivity index (χ0v) is 34.4. The molecule has 0 radical (unpaired) electrons. The first-order valence-corrected chi connectivity index (χ1v) is 20.0. The number of allylic oxidation sites excluding steroid dienone is 8. The van der Waals surface area contributed by atoms with Gasteiger partial charge in [-0.25, -0.2) is 0 Å². The summed E-state index contributed by atoms with van der Waals surface area (Å²) < 4.78 is 9.05. The third-order valence-electron chi connectivity index (χ3n) is 11.8. The minimum Gasteiger partial charge on any atom is -0.481 e. The van der Waals surface area contributed by atoms with Gasteiger partial charge in [-0.05, 0) is 78.8 Å². The molecule has 0 saturated heterocycles. The summed E-state index contributed by atoms with van der Waals surface area (Å²) in [6.07, 6.45) is 19.2. The number of aliphatic carboxylic acids is 1. The molecular weight excluding hydrogens is 665 g/mol. The molecule has 5 heteroatoms. The van der Waals surface area contributed by atoms with E-state index in [1.807, 2.05) is 0 Å². The average Bonchev–Trinajstić information content (AvgIpc) is 3.47. The zero-order valence-electron chi connectivity index (χ0n) is 34.4. The van der Waals surface area contributed by atoms with Gasteiger partial charge in [-0.15, -0.1) is 0 Å². The minimum atomic E-state index is -0.713. The third kappa shape index (κ3) is 7.52. The summed E-state index contributed by atoms with van der Waals surface area (Å²) in [5.41, 5.74) is 13.8. The summed E-state index contributed by atoms with van der Waals surface area (Å²) in [6, 6.07) is 18.4. The molecule has 1 aliphatic carbocycles. The van der Waals surface area contributed by atoms with Crippen LogP contribution in [-0.4, -0.2) is 42.0 Å². The summed E-state index contributed by atoms with van der Waals surface area (Å²) in [7, 11) is 4.11. The van der Waals surface area contributed by atoms with Gasteiger partial charge in [0.1, 0.15) is 18.1 Å². The van der Waals surface area contributed by atoms with Crippen LogP contribution < -0.4 is 9.64 Å².